The molecule has 0 atom stereocenters. The number of nitrogens with one attached hydrogen (secondary N) is 1. The number of pyridine rings is 1. The molecule has 1 heterocycles. The summed E-state index contributed by atoms with van der Waals surface area (Å²) in [6.07, 6.45) is 2.77. The van der Waals surface area contributed by atoms with E-state index >= 15 is 0 Å². The van der Waals surface area contributed by atoms with Crippen molar-refractivity contribution in [1.29, 1.82) is 0 Å². The number of rotatable bonds is 4. The maximum atomic E-state index is 12.1. The van der Waals surface area contributed by atoms with Crippen molar-refractivity contribution in [2.45, 2.75) is 6.61 Å². The molecule has 7 heteroatoms. The number of benzene rings is 1. The van der Waals surface area contributed by atoms with E-state index in [1.807, 2.05) is 0 Å². The number of halogens is 3. The molecule has 2 aromatic rings. The summed E-state index contributed by atoms with van der Waals surface area (Å²) in [6.45, 7) is -2.92. The Morgan fingerprint density at radius 1 is 1.35 bits per heavy atom. The molecular weight excluding hydrogens is 290 g/mol. The lowest BCUT2D eigenvalue weighted by atomic mass is 10.2. The summed E-state index contributed by atoms with van der Waals surface area (Å²) in [5, 5.41) is 2.77. The number of ether oxygens (including phenoxy) is 1. The van der Waals surface area contributed by atoms with Gasteiger partial charge in [0.05, 0.1) is 10.6 Å². The molecule has 20 heavy (non-hydrogen) atoms. The van der Waals surface area contributed by atoms with Crippen LogP contribution in [0.15, 0.2) is 42.7 Å². The van der Waals surface area contributed by atoms with E-state index < -0.39 is 12.5 Å². The summed E-state index contributed by atoms with van der Waals surface area (Å²) in [4.78, 5) is 15.7. The lowest BCUT2D eigenvalue weighted by Crippen LogP contribution is -2.13. The van der Waals surface area contributed by atoms with Crippen molar-refractivity contribution in [2.75, 3.05) is 5.32 Å². The van der Waals surface area contributed by atoms with E-state index in [1.165, 1.54) is 36.7 Å². The highest BCUT2D eigenvalue weighted by atomic mass is 35.5. The number of nitrogens with zero attached hydrogens (tertiary/aromatic N) is 1. The zero-order chi connectivity index (χ0) is 14.5. The van der Waals surface area contributed by atoms with Crippen LogP contribution in [0.25, 0.3) is 0 Å². The van der Waals surface area contributed by atoms with Crippen LogP contribution < -0.4 is 10.1 Å². The summed E-state index contributed by atoms with van der Waals surface area (Å²) in [6, 6.07) is 7.15. The molecule has 0 radical (unpaired) electrons. The van der Waals surface area contributed by atoms with E-state index in [0.29, 0.717) is 5.69 Å². The SMILES string of the molecule is O=C(Nc1cccc(OC(F)F)c1)c1cnccc1Cl. The number of aromatic nitrogens is 1. The van der Waals surface area contributed by atoms with Crippen LogP contribution in [0.2, 0.25) is 5.02 Å². The third-order valence-electron chi connectivity index (χ3n) is 2.33. The molecule has 0 fully saturated rings. The Balaban J connectivity index is 2.14. The van der Waals surface area contributed by atoms with Crippen LogP contribution >= 0.6 is 11.6 Å². The minimum atomic E-state index is -2.92. The highest BCUT2D eigenvalue weighted by Gasteiger charge is 2.11. The summed E-state index contributed by atoms with van der Waals surface area (Å²) >= 11 is 5.86. The molecule has 0 aliphatic rings. The third kappa shape index (κ3) is 3.64. The molecule has 0 saturated carbocycles. The number of alkyl halides is 2. The smallest absolute Gasteiger partial charge is 0.387 e. The zero-order valence-corrected chi connectivity index (χ0v) is 10.8. The largest absolute Gasteiger partial charge is 0.435 e. The van der Waals surface area contributed by atoms with E-state index in [4.69, 9.17) is 11.6 Å². The lowest BCUT2D eigenvalue weighted by molar-refractivity contribution is -0.0497. The maximum Gasteiger partial charge on any atom is 0.387 e. The molecule has 2 rings (SSSR count). The fourth-order valence-corrected chi connectivity index (χ4v) is 1.68. The van der Waals surface area contributed by atoms with Crippen LogP contribution in [0.3, 0.4) is 0 Å². The van der Waals surface area contributed by atoms with Crippen LogP contribution in [-0.4, -0.2) is 17.5 Å². The van der Waals surface area contributed by atoms with Crippen LogP contribution in [0.1, 0.15) is 10.4 Å². The van der Waals surface area contributed by atoms with Gasteiger partial charge in [0.25, 0.3) is 5.91 Å². The molecule has 1 amide bonds. The van der Waals surface area contributed by atoms with Gasteiger partial charge < -0.3 is 10.1 Å². The first-order valence-electron chi connectivity index (χ1n) is 5.52. The number of hydrogen-bond acceptors (Lipinski definition) is 3. The van der Waals surface area contributed by atoms with Gasteiger partial charge in [-0.15, -0.1) is 0 Å². The van der Waals surface area contributed by atoms with Crippen molar-refractivity contribution in [2.24, 2.45) is 0 Å². The minimum Gasteiger partial charge on any atom is -0.435 e. The van der Waals surface area contributed by atoms with Gasteiger partial charge in [-0.2, -0.15) is 8.78 Å². The molecule has 0 aliphatic carbocycles. The Hall–Kier alpha value is -2.21. The average molecular weight is 299 g/mol. The van der Waals surface area contributed by atoms with Crippen molar-refractivity contribution in [3.63, 3.8) is 0 Å². The monoisotopic (exact) mass is 298 g/mol. The molecule has 0 aliphatic heterocycles. The highest BCUT2D eigenvalue weighted by Crippen LogP contribution is 2.21. The first-order chi connectivity index (χ1) is 9.56. The second-order valence-corrected chi connectivity index (χ2v) is 4.12. The van der Waals surface area contributed by atoms with Crippen LogP contribution in [0.4, 0.5) is 14.5 Å². The topological polar surface area (TPSA) is 51.2 Å². The van der Waals surface area contributed by atoms with Gasteiger partial charge in [0, 0.05) is 24.1 Å². The second kappa shape index (κ2) is 6.29. The van der Waals surface area contributed by atoms with Gasteiger partial charge in [-0.3, -0.25) is 9.78 Å². The van der Waals surface area contributed by atoms with Crippen molar-refractivity contribution < 1.29 is 18.3 Å². The van der Waals surface area contributed by atoms with Gasteiger partial charge in [0.1, 0.15) is 5.75 Å². The molecule has 1 aromatic carbocycles. The molecule has 4 nitrogen and oxygen atoms in total. The quantitative estimate of drug-likeness (QED) is 0.938. The van der Waals surface area contributed by atoms with Gasteiger partial charge in [-0.05, 0) is 18.2 Å². The lowest BCUT2D eigenvalue weighted by Gasteiger charge is -2.08. The van der Waals surface area contributed by atoms with Crippen LogP contribution in [0, 0.1) is 0 Å². The number of hydrogen-bond donors (Lipinski definition) is 1. The molecule has 104 valence electrons. The fourth-order valence-electron chi connectivity index (χ4n) is 1.49. The maximum absolute atomic E-state index is 12.1. The minimum absolute atomic E-state index is 0.0462. The molecule has 1 aromatic heterocycles. The Morgan fingerprint density at radius 3 is 2.85 bits per heavy atom. The fraction of sp³-hybridized carbons (Fsp3) is 0.0769. The standard InChI is InChI=1S/C13H9ClF2N2O2/c14-11-4-5-17-7-10(11)12(19)18-8-2-1-3-9(6-8)20-13(15)16/h1-7,13H,(H,18,19). The van der Waals surface area contributed by atoms with Crippen LogP contribution in [0.5, 0.6) is 5.75 Å². The van der Waals surface area contributed by atoms with E-state index in [2.05, 4.69) is 15.0 Å². The highest BCUT2D eigenvalue weighted by molar-refractivity contribution is 6.34. The van der Waals surface area contributed by atoms with Crippen molar-refractivity contribution in [1.82, 2.24) is 4.98 Å². The number of amides is 1. The van der Waals surface area contributed by atoms with Gasteiger partial charge in [0.2, 0.25) is 0 Å². The molecule has 0 unspecified atom stereocenters. The van der Waals surface area contributed by atoms with E-state index in [-0.39, 0.29) is 16.3 Å². The summed E-state index contributed by atoms with van der Waals surface area (Å²) in [5.74, 6) is -0.535. The van der Waals surface area contributed by atoms with E-state index in [0.717, 1.165) is 0 Å². The van der Waals surface area contributed by atoms with Crippen LogP contribution in [-0.2, 0) is 0 Å². The van der Waals surface area contributed by atoms with Gasteiger partial charge in [-0.1, -0.05) is 17.7 Å². The number of carbonyl (C=O) groups is 1. The Morgan fingerprint density at radius 2 is 2.15 bits per heavy atom. The van der Waals surface area contributed by atoms with Crippen molar-refractivity contribution in [3.8, 4) is 5.75 Å². The molecule has 0 spiro atoms. The predicted octanol–water partition coefficient (Wildman–Crippen LogP) is 3.59. The van der Waals surface area contributed by atoms with Crippen molar-refractivity contribution >= 4 is 23.2 Å². The van der Waals surface area contributed by atoms with Gasteiger partial charge >= 0.3 is 6.61 Å². The normalized spacial score (nSPS) is 10.4. The summed E-state index contributed by atoms with van der Waals surface area (Å²) in [7, 11) is 0. The number of carbonyl (C=O) groups excluding carboxylic acids is 1. The second-order valence-electron chi connectivity index (χ2n) is 3.72. The molecular formula is C13H9ClF2N2O2. The average Bonchev–Trinajstić information content (AvgIpc) is 2.38. The zero-order valence-electron chi connectivity index (χ0n) is 10.0. The van der Waals surface area contributed by atoms with Gasteiger partial charge in [-0.25, -0.2) is 0 Å². The Bertz CT molecular complexity index is 623. The van der Waals surface area contributed by atoms with E-state index in [1.54, 1.807) is 6.07 Å². The van der Waals surface area contributed by atoms with E-state index in [9.17, 15) is 13.6 Å². The number of anilines is 1. The first-order valence-corrected chi connectivity index (χ1v) is 5.90. The molecule has 0 saturated heterocycles. The first kappa shape index (κ1) is 14.2. The Kier molecular flexibility index (Phi) is 4.47. The van der Waals surface area contributed by atoms with Gasteiger partial charge in [0.15, 0.2) is 0 Å². The molecule has 1 N–H and O–H groups in total. The third-order valence-corrected chi connectivity index (χ3v) is 2.66. The summed E-state index contributed by atoms with van der Waals surface area (Å²) in [5.41, 5.74) is 0.502. The predicted molar refractivity (Wildman–Crippen MR) is 70.3 cm³/mol. The summed E-state index contributed by atoms with van der Waals surface area (Å²) < 4.78 is 28.4. The molecule has 0 bridgehead atoms. The van der Waals surface area contributed by atoms with Crippen molar-refractivity contribution in [3.05, 3.63) is 53.3 Å². The Labute approximate surface area is 118 Å².